The molecule has 0 radical (unpaired) electrons. The summed E-state index contributed by atoms with van der Waals surface area (Å²) in [5.41, 5.74) is 2.27. The largest absolute Gasteiger partial charge is 0.396 e. The molecule has 0 unspecified atom stereocenters. The van der Waals surface area contributed by atoms with Crippen LogP contribution in [0.3, 0.4) is 0 Å². The molecule has 0 amide bonds. The summed E-state index contributed by atoms with van der Waals surface area (Å²) in [4.78, 5) is 0. The molecule has 5 atom stereocenters. The quantitative estimate of drug-likeness (QED) is 0.602. The van der Waals surface area contributed by atoms with E-state index in [2.05, 4.69) is 40.0 Å². The lowest BCUT2D eigenvalue weighted by molar-refractivity contribution is -0.151. The van der Waals surface area contributed by atoms with Crippen LogP contribution in [0.5, 0.6) is 0 Å². The maximum absolute atomic E-state index is 10.5. The van der Waals surface area contributed by atoms with Gasteiger partial charge in [0.05, 0.1) is 12.7 Å². The monoisotopic (exact) mass is 304 g/mol. The molecule has 0 spiro atoms. The second-order valence-electron chi connectivity index (χ2n) is 7.91. The second-order valence-corrected chi connectivity index (χ2v) is 7.91. The highest BCUT2D eigenvalue weighted by molar-refractivity contribution is 5.21. The number of hydrogen-bond acceptors (Lipinski definition) is 2. The van der Waals surface area contributed by atoms with Crippen LogP contribution in [0.4, 0.5) is 0 Å². The molecule has 0 aromatic heterocycles. The average Bonchev–Trinajstić information content (AvgIpc) is 2.50. The molecule has 2 rings (SSSR count). The van der Waals surface area contributed by atoms with Crippen molar-refractivity contribution in [2.75, 3.05) is 6.61 Å². The third kappa shape index (κ3) is 2.72. The summed E-state index contributed by atoms with van der Waals surface area (Å²) in [5.74, 6) is 0.779. The van der Waals surface area contributed by atoms with Gasteiger partial charge in [0.25, 0.3) is 0 Å². The lowest BCUT2D eigenvalue weighted by atomic mass is 9.46. The highest BCUT2D eigenvalue weighted by Crippen LogP contribution is 2.61. The van der Waals surface area contributed by atoms with Crippen LogP contribution in [0, 0.1) is 22.7 Å². The van der Waals surface area contributed by atoms with Crippen molar-refractivity contribution < 1.29 is 10.2 Å². The van der Waals surface area contributed by atoms with Crippen LogP contribution in [0.2, 0.25) is 0 Å². The summed E-state index contributed by atoms with van der Waals surface area (Å²) in [5, 5.41) is 20.5. The Balaban J connectivity index is 2.35. The molecule has 2 aliphatic carbocycles. The first-order valence-corrected chi connectivity index (χ1v) is 8.55. The van der Waals surface area contributed by atoms with E-state index in [9.17, 15) is 10.2 Å². The van der Waals surface area contributed by atoms with Gasteiger partial charge < -0.3 is 10.2 Å². The van der Waals surface area contributed by atoms with Crippen molar-refractivity contribution >= 4 is 0 Å². The number of aliphatic hydroxyl groups is 2. The van der Waals surface area contributed by atoms with Crippen LogP contribution in [-0.2, 0) is 0 Å². The van der Waals surface area contributed by atoms with Crippen LogP contribution >= 0.6 is 0 Å². The van der Waals surface area contributed by atoms with Crippen LogP contribution in [0.25, 0.3) is 0 Å². The second kappa shape index (κ2) is 6.33. The molecule has 0 aromatic carbocycles. The van der Waals surface area contributed by atoms with Gasteiger partial charge in [0.1, 0.15) is 0 Å². The Bertz CT molecular complexity index is 478. The third-order valence-corrected chi connectivity index (χ3v) is 6.69. The zero-order valence-electron chi connectivity index (χ0n) is 14.4. The SMILES string of the molecule is C=C/C(C)=C\C[C@H]1C(=C)CC[C@@H]2[C@]1(C)CC[C@@H](O)[C@]2(C)CO. The topological polar surface area (TPSA) is 40.5 Å². The van der Waals surface area contributed by atoms with Crippen LogP contribution in [0.1, 0.15) is 52.9 Å². The van der Waals surface area contributed by atoms with Crippen LogP contribution in [0.15, 0.2) is 36.5 Å². The molecule has 22 heavy (non-hydrogen) atoms. The van der Waals surface area contributed by atoms with Crippen molar-refractivity contribution in [1.29, 1.82) is 0 Å². The number of fused-ring (bicyclic) bond motifs is 1. The highest BCUT2D eigenvalue weighted by atomic mass is 16.3. The minimum Gasteiger partial charge on any atom is -0.396 e. The molecule has 0 bridgehead atoms. The van der Waals surface area contributed by atoms with E-state index >= 15 is 0 Å². The molecular formula is C20H32O2. The Morgan fingerprint density at radius 2 is 2.05 bits per heavy atom. The fourth-order valence-electron chi connectivity index (χ4n) is 5.02. The van der Waals surface area contributed by atoms with Crippen molar-refractivity contribution in [2.45, 2.75) is 59.0 Å². The minimum atomic E-state index is -0.395. The number of hydrogen-bond donors (Lipinski definition) is 2. The van der Waals surface area contributed by atoms with E-state index in [0.29, 0.717) is 11.8 Å². The smallest absolute Gasteiger partial charge is 0.0618 e. The van der Waals surface area contributed by atoms with E-state index in [1.807, 2.05) is 6.08 Å². The summed E-state index contributed by atoms with van der Waals surface area (Å²) in [6, 6.07) is 0. The molecule has 2 aliphatic rings. The third-order valence-electron chi connectivity index (χ3n) is 6.69. The Morgan fingerprint density at radius 1 is 1.36 bits per heavy atom. The highest BCUT2D eigenvalue weighted by Gasteiger charge is 2.57. The lowest BCUT2D eigenvalue weighted by Crippen LogP contribution is -2.57. The van der Waals surface area contributed by atoms with E-state index in [1.54, 1.807) is 0 Å². The fourth-order valence-corrected chi connectivity index (χ4v) is 5.02. The van der Waals surface area contributed by atoms with Gasteiger partial charge in [-0.3, -0.25) is 0 Å². The summed E-state index contributed by atoms with van der Waals surface area (Å²) in [7, 11) is 0. The number of rotatable bonds is 4. The molecule has 2 saturated carbocycles. The average molecular weight is 304 g/mol. The van der Waals surface area contributed by atoms with Gasteiger partial charge in [-0.2, -0.15) is 0 Å². The lowest BCUT2D eigenvalue weighted by Gasteiger charge is -2.59. The van der Waals surface area contributed by atoms with E-state index in [0.717, 1.165) is 32.1 Å². The molecule has 124 valence electrons. The summed E-state index contributed by atoms with van der Waals surface area (Å²) in [6.45, 7) is 14.7. The molecule has 0 saturated heterocycles. The van der Waals surface area contributed by atoms with Crippen molar-refractivity contribution in [2.24, 2.45) is 22.7 Å². The predicted molar refractivity (Wildman–Crippen MR) is 92.5 cm³/mol. The molecule has 0 aromatic rings. The molecule has 2 nitrogen and oxygen atoms in total. The molecule has 0 aliphatic heterocycles. The first-order valence-electron chi connectivity index (χ1n) is 8.55. The first kappa shape index (κ1) is 17.5. The zero-order chi connectivity index (χ0) is 16.5. The fraction of sp³-hybridized carbons (Fsp3) is 0.700. The number of allylic oxidation sites excluding steroid dienone is 4. The van der Waals surface area contributed by atoms with Crippen molar-refractivity contribution in [3.05, 3.63) is 36.5 Å². The predicted octanol–water partition coefficient (Wildman–Crippen LogP) is 4.25. The van der Waals surface area contributed by atoms with Gasteiger partial charge in [-0.25, -0.2) is 0 Å². The normalized spacial score (nSPS) is 42.9. The first-order chi connectivity index (χ1) is 10.3. The molecule has 2 heteroatoms. The van der Waals surface area contributed by atoms with E-state index < -0.39 is 6.10 Å². The van der Waals surface area contributed by atoms with E-state index in [-0.39, 0.29) is 17.4 Å². The molecule has 0 heterocycles. The van der Waals surface area contributed by atoms with Crippen molar-refractivity contribution in [1.82, 2.24) is 0 Å². The van der Waals surface area contributed by atoms with Crippen LogP contribution < -0.4 is 0 Å². The summed E-state index contributed by atoms with van der Waals surface area (Å²) >= 11 is 0. The van der Waals surface area contributed by atoms with Crippen molar-refractivity contribution in [3.8, 4) is 0 Å². The van der Waals surface area contributed by atoms with Gasteiger partial charge >= 0.3 is 0 Å². The van der Waals surface area contributed by atoms with E-state index in [4.69, 9.17) is 0 Å². The van der Waals surface area contributed by atoms with E-state index in [1.165, 1.54) is 11.1 Å². The Morgan fingerprint density at radius 3 is 2.64 bits per heavy atom. The van der Waals surface area contributed by atoms with Crippen LogP contribution in [-0.4, -0.2) is 22.9 Å². The molecule has 2 fully saturated rings. The maximum atomic E-state index is 10.5. The number of aliphatic hydroxyl groups excluding tert-OH is 2. The maximum Gasteiger partial charge on any atom is 0.0618 e. The van der Waals surface area contributed by atoms with Gasteiger partial charge in [0.15, 0.2) is 0 Å². The zero-order valence-corrected chi connectivity index (χ0v) is 14.4. The van der Waals surface area contributed by atoms with Crippen molar-refractivity contribution in [3.63, 3.8) is 0 Å². The van der Waals surface area contributed by atoms with Gasteiger partial charge in [0, 0.05) is 5.41 Å². The Hall–Kier alpha value is -0.860. The van der Waals surface area contributed by atoms with Gasteiger partial charge in [-0.05, 0) is 56.3 Å². The van der Waals surface area contributed by atoms with Gasteiger partial charge in [-0.15, -0.1) is 0 Å². The summed E-state index contributed by atoms with van der Waals surface area (Å²) < 4.78 is 0. The Labute approximate surface area is 135 Å². The van der Waals surface area contributed by atoms with Gasteiger partial charge in [0.2, 0.25) is 0 Å². The summed E-state index contributed by atoms with van der Waals surface area (Å²) in [6.07, 6.45) is 8.58. The standard InChI is InChI=1S/C20H32O2/c1-6-14(2)7-9-16-15(3)8-10-17-19(16,4)12-11-18(22)20(17,5)13-21/h6-7,16-18,21-22H,1,3,8-13H2,2,4-5H3/b14-7-/t16-,17+,18+,19+,20+/m0/s1. The Kier molecular flexibility index (Phi) is 5.03. The molecule has 2 N–H and O–H groups in total. The minimum absolute atomic E-state index is 0.0646. The van der Waals surface area contributed by atoms with Gasteiger partial charge in [-0.1, -0.05) is 50.3 Å². The molecular weight excluding hydrogens is 272 g/mol.